The molecule has 4 heteroatoms. The molecule has 1 saturated heterocycles. The molecule has 1 aliphatic heterocycles. The SMILES string of the molecule is O=CCc1cnc(CC2CCCSC2)s1. The van der Waals surface area contributed by atoms with Crippen LogP contribution in [0.15, 0.2) is 6.20 Å². The van der Waals surface area contributed by atoms with Crippen LogP contribution in [0.5, 0.6) is 0 Å². The number of carbonyl (C=O) groups excluding carboxylic acids is 1. The summed E-state index contributed by atoms with van der Waals surface area (Å²) in [5.74, 6) is 3.41. The van der Waals surface area contributed by atoms with E-state index >= 15 is 0 Å². The van der Waals surface area contributed by atoms with Gasteiger partial charge in [-0.3, -0.25) is 0 Å². The Kier molecular flexibility index (Phi) is 4.20. The van der Waals surface area contributed by atoms with Crippen LogP contribution in [0.2, 0.25) is 0 Å². The predicted molar refractivity (Wildman–Crippen MR) is 65.6 cm³/mol. The fourth-order valence-electron chi connectivity index (χ4n) is 1.83. The number of aldehydes is 1. The molecule has 1 aliphatic rings. The number of rotatable bonds is 4. The Balaban J connectivity index is 1.88. The second-order valence-electron chi connectivity index (χ2n) is 3.88. The molecular formula is C11H15NOS2. The first-order valence-corrected chi connectivity index (χ1v) is 7.30. The van der Waals surface area contributed by atoms with Gasteiger partial charge in [-0.2, -0.15) is 11.8 Å². The maximum Gasteiger partial charge on any atom is 0.125 e. The van der Waals surface area contributed by atoms with Gasteiger partial charge in [0.05, 0.1) is 5.01 Å². The molecule has 0 aromatic carbocycles. The Morgan fingerprint density at radius 1 is 1.60 bits per heavy atom. The van der Waals surface area contributed by atoms with Crippen LogP contribution in [-0.2, 0) is 17.6 Å². The van der Waals surface area contributed by atoms with E-state index in [1.165, 1.54) is 29.4 Å². The van der Waals surface area contributed by atoms with Gasteiger partial charge in [-0.05, 0) is 30.3 Å². The zero-order valence-electron chi connectivity index (χ0n) is 8.65. The van der Waals surface area contributed by atoms with Crippen LogP contribution in [-0.4, -0.2) is 22.8 Å². The Labute approximate surface area is 98.5 Å². The van der Waals surface area contributed by atoms with Crippen LogP contribution in [0.4, 0.5) is 0 Å². The maximum atomic E-state index is 10.3. The minimum absolute atomic E-state index is 0.525. The van der Waals surface area contributed by atoms with E-state index in [1.54, 1.807) is 11.3 Å². The summed E-state index contributed by atoms with van der Waals surface area (Å²) in [6.07, 6.45) is 7.13. The lowest BCUT2D eigenvalue weighted by Gasteiger charge is -2.19. The molecule has 2 nitrogen and oxygen atoms in total. The van der Waals surface area contributed by atoms with Crippen molar-refractivity contribution in [2.75, 3.05) is 11.5 Å². The smallest absolute Gasteiger partial charge is 0.125 e. The summed E-state index contributed by atoms with van der Waals surface area (Å²) >= 11 is 3.76. The van der Waals surface area contributed by atoms with Crippen molar-refractivity contribution < 1.29 is 4.79 Å². The molecule has 0 N–H and O–H groups in total. The average Bonchev–Trinajstić information content (AvgIpc) is 2.68. The standard InChI is InChI=1S/C11H15NOS2/c13-4-3-10-7-12-11(15-10)6-9-2-1-5-14-8-9/h4,7,9H,1-3,5-6,8H2. The van der Waals surface area contributed by atoms with Gasteiger partial charge in [-0.15, -0.1) is 11.3 Å². The minimum atomic E-state index is 0.525. The lowest BCUT2D eigenvalue weighted by molar-refractivity contribution is -0.107. The first kappa shape index (κ1) is 11.1. The molecule has 0 bridgehead atoms. The van der Waals surface area contributed by atoms with E-state index in [0.29, 0.717) is 6.42 Å². The van der Waals surface area contributed by atoms with Gasteiger partial charge in [0.15, 0.2) is 0 Å². The van der Waals surface area contributed by atoms with E-state index in [1.807, 2.05) is 6.20 Å². The Morgan fingerprint density at radius 3 is 3.27 bits per heavy atom. The summed E-state index contributed by atoms with van der Waals surface area (Å²) < 4.78 is 0. The molecule has 0 spiro atoms. The lowest BCUT2D eigenvalue weighted by Crippen LogP contribution is -2.12. The second-order valence-corrected chi connectivity index (χ2v) is 6.23. The van der Waals surface area contributed by atoms with Crippen molar-refractivity contribution in [3.8, 4) is 0 Å². The normalized spacial score (nSPS) is 21.5. The highest BCUT2D eigenvalue weighted by Crippen LogP contribution is 2.27. The fourth-order valence-corrected chi connectivity index (χ4v) is 3.97. The van der Waals surface area contributed by atoms with Gasteiger partial charge in [0.1, 0.15) is 6.29 Å². The third-order valence-corrected chi connectivity index (χ3v) is 4.93. The number of thiazole rings is 1. The highest BCUT2D eigenvalue weighted by Gasteiger charge is 2.15. The number of nitrogens with zero attached hydrogens (tertiary/aromatic N) is 1. The lowest BCUT2D eigenvalue weighted by atomic mass is 10.0. The number of carbonyl (C=O) groups is 1. The molecular weight excluding hydrogens is 226 g/mol. The van der Waals surface area contributed by atoms with E-state index in [9.17, 15) is 4.79 Å². The summed E-state index contributed by atoms with van der Waals surface area (Å²) in [7, 11) is 0. The third kappa shape index (κ3) is 3.31. The van der Waals surface area contributed by atoms with E-state index in [-0.39, 0.29) is 0 Å². The molecule has 0 radical (unpaired) electrons. The largest absolute Gasteiger partial charge is 0.303 e. The summed E-state index contributed by atoms with van der Waals surface area (Å²) in [6, 6.07) is 0. The number of aromatic nitrogens is 1. The number of thioether (sulfide) groups is 1. The van der Waals surface area contributed by atoms with Gasteiger partial charge in [0, 0.05) is 23.9 Å². The molecule has 0 amide bonds. The highest BCUT2D eigenvalue weighted by molar-refractivity contribution is 7.99. The van der Waals surface area contributed by atoms with Crippen molar-refractivity contribution in [2.24, 2.45) is 5.92 Å². The molecule has 82 valence electrons. The predicted octanol–water partition coefficient (Wildman–Crippen LogP) is 2.57. The van der Waals surface area contributed by atoms with E-state index < -0.39 is 0 Å². The van der Waals surface area contributed by atoms with Crippen LogP contribution in [0.1, 0.15) is 22.7 Å². The molecule has 1 atom stereocenters. The van der Waals surface area contributed by atoms with Crippen molar-refractivity contribution in [3.63, 3.8) is 0 Å². The Hall–Kier alpha value is -0.350. The average molecular weight is 241 g/mol. The molecule has 2 heterocycles. The topological polar surface area (TPSA) is 30.0 Å². The van der Waals surface area contributed by atoms with Gasteiger partial charge >= 0.3 is 0 Å². The van der Waals surface area contributed by atoms with Gasteiger partial charge in [0.25, 0.3) is 0 Å². The van der Waals surface area contributed by atoms with Crippen molar-refractivity contribution in [1.82, 2.24) is 4.98 Å². The summed E-state index contributed by atoms with van der Waals surface area (Å²) in [5, 5.41) is 1.21. The molecule has 1 unspecified atom stereocenters. The van der Waals surface area contributed by atoms with Gasteiger partial charge < -0.3 is 4.79 Å². The van der Waals surface area contributed by atoms with Gasteiger partial charge in [-0.25, -0.2) is 4.98 Å². The number of hydrogen-bond acceptors (Lipinski definition) is 4. The fraction of sp³-hybridized carbons (Fsp3) is 0.636. The molecule has 0 saturated carbocycles. The Bertz CT molecular complexity index is 318. The summed E-state index contributed by atoms with van der Waals surface area (Å²) in [5.41, 5.74) is 0. The first-order valence-electron chi connectivity index (χ1n) is 5.33. The van der Waals surface area contributed by atoms with Crippen molar-refractivity contribution >= 4 is 29.4 Å². The monoisotopic (exact) mass is 241 g/mol. The quantitative estimate of drug-likeness (QED) is 0.759. The van der Waals surface area contributed by atoms with Gasteiger partial charge in [0.2, 0.25) is 0 Å². The van der Waals surface area contributed by atoms with Crippen molar-refractivity contribution in [3.05, 3.63) is 16.1 Å². The molecule has 1 aromatic heterocycles. The molecule has 2 rings (SSSR count). The Morgan fingerprint density at radius 2 is 2.53 bits per heavy atom. The second kappa shape index (κ2) is 5.66. The number of hydrogen-bond donors (Lipinski definition) is 0. The molecule has 1 fully saturated rings. The zero-order valence-corrected chi connectivity index (χ0v) is 10.3. The summed E-state index contributed by atoms with van der Waals surface area (Å²) in [4.78, 5) is 15.8. The van der Waals surface area contributed by atoms with Crippen LogP contribution in [0.3, 0.4) is 0 Å². The van der Waals surface area contributed by atoms with E-state index in [0.717, 1.165) is 23.5 Å². The van der Waals surface area contributed by atoms with Crippen molar-refractivity contribution in [1.29, 1.82) is 0 Å². The van der Waals surface area contributed by atoms with E-state index in [2.05, 4.69) is 16.7 Å². The minimum Gasteiger partial charge on any atom is -0.303 e. The molecule has 15 heavy (non-hydrogen) atoms. The maximum absolute atomic E-state index is 10.3. The van der Waals surface area contributed by atoms with Crippen LogP contribution >= 0.6 is 23.1 Å². The van der Waals surface area contributed by atoms with Crippen LogP contribution in [0, 0.1) is 5.92 Å². The van der Waals surface area contributed by atoms with Crippen LogP contribution in [0.25, 0.3) is 0 Å². The van der Waals surface area contributed by atoms with Crippen molar-refractivity contribution in [2.45, 2.75) is 25.7 Å². The third-order valence-electron chi connectivity index (χ3n) is 2.60. The highest BCUT2D eigenvalue weighted by atomic mass is 32.2. The molecule has 1 aromatic rings. The zero-order chi connectivity index (χ0) is 10.5. The van der Waals surface area contributed by atoms with Crippen LogP contribution < -0.4 is 0 Å². The first-order chi connectivity index (χ1) is 7.38. The van der Waals surface area contributed by atoms with E-state index in [4.69, 9.17) is 0 Å². The summed E-state index contributed by atoms with van der Waals surface area (Å²) in [6.45, 7) is 0. The molecule has 0 aliphatic carbocycles. The van der Waals surface area contributed by atoms with Gasteiger partial charge in [-0.1, -0.05) is 0 Å².